The van der Waals surface area contributed by atoms with E-state index in [1.807, 2.05) is 4.90 Å². The maximum absolute atomic E-state index is 11.7. The minimum atomic E-state index is -3.35. The van der Waals surface area contributed by atoms with Gasteiger partial charge < -0.3 is 4.90 Å². The summed E-state index contributed by atoms with van der Waals surface area (Å²) in [6, 6.07) is 1.75. The van der Waals surface area contributed by atoms with Gasteiger partial charge in [0.25, 0.3) is 0 Å². The van der Waals surface area contributed by atoms with E-state index in [9.17, 15) is 8.42 Å². The minimum absolute atomic E-state index is 0.275. The fraction of sp³-hybridized carbons (Fsp3) is 0.500. The lowest BCUT2D eigenvalue weighted by atomic mass is 10.3. The first-order valence-corrected chi connectivity index (χ1v) is 6.82. The molecule has 0 saturated carbocycles. The van der Waals surface area contributed by atoms with Crippen LogP contribution >= 0.6 is 0 Å². The molecule has 88 valence electrons. The largest absolute Gasteiger partial charge is 0.357 e. The predicted molar refractivity (Wildman–Crippen MR) is 61.7 cm³/mol. The van der Waals surface area contributed by atoms with Gasteiger partial charge in [-0.25, -0.2) is 8.42 Å². The normalized spacial score (nSPS) is 18.2. The van der Waals surface area contributed by atoms with Crippen molar-refractivity contribution in [1.82, 2.24) is 9.71 Å². The summed E-state index contributed by atoms with van der Waals surface area (Å²) in [5.41, 5.74) is 0.752. The molecule has 0 aromatic carbocycles. The number of pyridine rings is 1. The van der Waals surface area contributed by atoms with Crippen LogP contribution in [0.5, 0.6) is 0 Å². The lowest BCUT2D eigenvalue weighted by Crippen LogP contribution is -2.43. The fourth-order valence-corrected chi connectivity index (χ4v) is 2.87. The quantitative estimate of drug-likeness (QED) is 0.855. The van der Waals surface area contributed by atoms with E-state index in [1.54, 1.807) is 12.3 Å². The molecule has 0 fully saturated rings. The van der Waals surface area contributed by atoms with Crippen LogP contribution in [0.1, 0.15) is 19.8 Å². The highest BCUT2D eigenvalue weighted by Crippen LogP contribution is 2.27. The third kappa shape index (κ3) is 2.03. The SMILES string of the molecule is CCCCN1CNS(=O)(=O)c2cnccc21. The highest BCUT2D eigenvalue weighted by molar-refractivity contribution is 7.89. The Morgan fingerprint density at radius 2 is 2.38 bits per heavy atom. The second-order valence-electron chi connectivity index (χ2n) is 3.77. The summed E-state index contributed by atoms with van der Waals surface area (Å²) in [7, 11) is -3.35. The van der Waals surface area contributed by atoms with Crippen molar-refractivity contribution >= 4 is 15.7 Å². The Labute approximate surface area is 95.5 Å². The Hall–Kier alpha value is -1.14. The van der Waals surface area contributed by atoms with Crippen LogP contribution in [0.15, 0.2) is 23.4 Å². The maximum atomic E-state index is 11.7. The van der Waals surface area contributed by atoms with Gasteiger partial charge in [-0.15, -0.1) is 0 Å². The number of hydrogen-bond acceptors (Lipinski definition) is 4. The molecule has 1 N–H and O–H groups in total. The number of nitrogens with zero attached hydrogens (tertiary/aromatic N) is 2. The van der Waals surface area contributed by atoms with Crippen molar-refractivity contribution in [1.29, 1.82) is 0 Å². The van der Waals surface area contributed by atoms with Crippen molar-refractivity contribution in [2.75, 3.05) is 18.1 Å². The van der Waals surface area contributed by atoms with E-state index in [0.717, 1.165) is 25.1 Å². The van der Waals surface area contributed by atoms with Gasteiger partial charge in [-0.05, 0) is 12.5 Å². The Balaban J connectivity index is 2.36. The molecule has 0 bridgehead atoms. The molecule has 16 heavy (non-hydrogen) atoms. The number of aromatic nitrogens is 1. The van der Waals surface area contributed by atoms with Crippen molar-refractivity contribution in [2.45, 2.75) is 24.7 Å². The minimum Gasteiger partial charge on any atom is -0.357 e. The molecule has 1 aliphatic heterocycles. The predicted octanol–water partition coefficient (Wildman–Crippen LogP) is 0.938. The molecule has 5 nitrogen and oxygen atoms in total. The van der Waals surface area contributed by atoms with Gasteiger partial charge in [-0.1, -0.05) is 13.3 Å². The molecular weight excluding hydrogens is 226 g/mol. The summed E-state index contributed by atoms with van der Waals surface area (Å²) in [6.45, 7) is 3.32. The van der Waals surface area contributed by atoms with E-state index < -0.39 is 10.0 Å². The van der Waals surface area contributed by atoms with Crippen molar-refractivity contribution in [3.05, 3.63) is 18.5 Å². The van der Waals surface area contributed by atoms with Crippen LogP contribution in [0.25, 0.3) is 0 Å². The van der Waals surface area contributed by atoms with Gasteiger partial charge in [-0.2, -0.15) is 4.72 Å². The molecule has 0 amide bonds. The third-order valence-corrected chi connectivity index (χ3v) is 4.02. The van der Waals surface area contributed by atoms with E-state index in [1.165, 1.54) is 6.20 Å². The summed E-state index contributed by atoms with van der Waals surface area (Å²) < 4.78 is 26.0. The van der Waals surface area contributed by atoms with Crippen LogP contribution in [-0.4, -0.2) is 26.6 Å². The van der Waals surface area contributed by atoms with Crippen LogP contribution in [0.2, 0.25) is 0 Å². The third-order valence-electron chi connectivity index (χ3n) is 2.62. The first kappa shape index (κ1) is 11.3. The molecule has 2 heterocycles. The zero-order valence-corrected chi connectivity index (χ0v) is 10.00. The zero-order valence-electron chi connectivity index (χ0n) is 9.18. The second-order valence-corrected chi connectivity index (χ2v) is 5.50. The van der Waals surface area contributed by atoms with Crippen molar-refractivity contribution in [3.8, 4) is 0 Å². The molecule has 1 aromatic rings. The van der Waals surface area contributed by atoms with Crippen LogP contribution in [0.4, 0.5) is 5.69 Å². The molecular formula is C10H15N3O2S. The lowest BCUT2D eigenvalue weighted by Gasteiger charge is -2.30. The van der Waals surface area contributed by atoms with Gasteiger partial charge >= 0.3 is 0 Å². The highest BCUT2D eigenvalue weighted by Gasteiger charge is 2.27. The standard InChI is InChI=1S/C10H15N3O2S/c1-2-3-6-13-8-12-16(14,15)10-7-11-5-4-9(10)13/h4-5,7,12H,2-3,6,8H2,1H3. The van der Waals surface area contributed by atoms with Gasteiger partial charge in [0.2, 0.25) is 10.0 Å². The van der Waals surface area contributed by atoms with Gasteiger partial charge in [0.05, 0.1) is 12.4 Å². The molecule has 2 rings (SSSR count). The topological polar surface area (TPSA) is 62.3 Å². The van der Waals surface area contributed by atoms with E-state index in [4.69, 9.17) is 0 Å². The van der Waals surface area contributed by atoms with Gasteiger partial charge in [0.1, 0.15) is 4.90 Å². The van der Waals surface area contributed by atoms with Gasteiger partial charge in [-0.3, -0.25) is 4.98 Å². The molecule has 0 atom stereocenters. The molecule has 0 spiro atoms. The second kappa shape index (κ2) is 4.39. The summed E-state index contributed by atoms with van der Waals surface area (Å²) >= 11 is 0. The van der Waals surface area contributed by atoms with Gasteiger partial charge in [0.15, 0.2) is 0 Å². The monoisotopic (exact) mass is 241 g/mol. The zero-order chi connectivity index (χ0) is 11.6. The van der Waals surface area contributed by atoms with E-state index >= 15 is 0 Å². The Kier molecular flexibility index (Phi) is 3.11. The number of hydrogen-bond donors (Lipinski definition) is 1. The highest BCUT2D eigenvalue weighted by atomic mass is 32.2. The summed E-state index contributed by atoms with van der Waals surface area (Å²) in [4.78, 5) is 6.17. The Morgan fingerprint density at radius 1 is 1.56 bits per heavy atom. The van der Waals surface area contributed by atoms with Crippen molar-refractivity contribution < 1.29 is 8.42 Å². The van der Waals surface area contributed by atoms with Crippen molar-refractivity contribution in [2.24, 2.45) is 0 Å². The summed E-state index contributed by atoms with van der Waals surface area (Å²) in [5.74, 6) is 0. The molecule has 0 unspecified atom stereocenters. The summed E-state index contributed by atoms with van der Waals surface area (Å²) in [6.07, 6.45) is 5.15. The molecule has 6 heteroatoms. The molecule has 1 aromatic heterocycles. The fourth-order valence-electron chi connectivity index (χ4n) is 1.72. The van der Waals surface area contributed by atoms with Crippen LogP contribution in [0.3, 0.4) is 0 Å². The van der Waals surface area contributed by atoms with E-state index in [2.05, 4.69) is 16.6 Å². The number of fused-ring (bicyclic) bond motifs is 1. The number of sulfonamides is 1. The van der Waals surface area contributed by atoms with Crippen LogP contribution in [-0.2, 0) is 10.0 Å². The Morgan fingerprint density at radius 3 is 3.12 bits per heavy atom. The lowest BCUT2D eigenvalue weighted by molar-refractivity contribution is 0.567. The van der Waals surface area contributed by atoms with Crippen LogP contribution in [0, 0.1) is 0 Å². The number of rotatable bonds is 3. The number of nitrogens with one attached hydrogen (secondary N) is 1. The average molecular weight is 241 g/mol. The molecule has 0 saturated heterocycles. The average Bonchev–Trinajstić information content (AvgIpc) is 2.29. The maximum Gasteiger partial charge on any atom is 0.245 e. The van der Waals surface area contributed by atoms with Crippen molar-refractivity contribution in [3.63, 3.8) is 0 Å². The number of anilines is 1. The summed E-state index contributed by atoms with van der Waals surface area (Å²) in [5, 5.41) is 0. The first-order valence-electron chi connectivity index (χ1n) is 5.34. The molecule has 0 radical (unpaired) electrons. The van der Waals surface area contributed by atoms with E-state index in [0.29, 0.717) is 6.67 Å². The number of unbranched alkanes of at least 4 members (excludes halogenated alkanes) is 1. The van der Waals surface area contributed by atoms with Crippen LogP contribution < -0.4 is 9.62 Å². The molecule has 1 aliphatic rings. The molecule has 0 aliphatic carbocycles. The Bertz CT molecular complexity index is 473. The van der Waals surface area contributed by atoms with E-state index in [-0.39, 0.29) is 4.90 Å². The van der Waals surface area contributed by atoms with Gasteiger partial charge in [0, 0.05) is 18.9 Å². The first-order chi connectivity index (χ1) is 7.65. The smallest absolute Gasteiger partial charge is 0.245 e.